The molecule has 1 N–H and O–H groups in total. The van der Waals surface area contributed by atoms with E-state index >= 15 is 0 Å². The van der Waals surface area contributed by atoms with Crippen molar-refractivity contribution in [2.75, 3.05) is 0 Å². The molecule has 0 bridgehead atoms. The Morgan fingerprint density at radius 3 is 3.00 bits per heavy atom. The van der Waals surface area contributed by atoms with Gasteiger partial charge in [0.25, 0.3) is 0 Å². The third kappa shape index (κ3) is 2.44. The number of rotatable bonds is 5. The Labute approximate surface area is 117 Å². The van der Waals surface area contributed by atoms with Gasteiger partial charge in [0.15, 0.2) is 0 Å². The van der Waals surface area contributed by atoms with E-state index in [9.17, 15) is 0 Å². The lowest BCUT2D eigenvalue weighted by molar-refractivity contribution is 0.438. The summed E-state index contributed by atoms with van der Waals surface area (Å²) in [4.78, 5) is 8.78. The van der Waals surface area contributed by atoms with E-state index in [1.807, 2.05) is 31.3 Å². The normalized spacial score (nSPS) is 11.3. The Bertz CT molecular complexity index is 714. The van der Waals surface area contributed by atoms with Crippen molar-refractivity contribution in [3.8, 4) is 0 Å². The van der Waals surface area contributed by atoms with Crippen molar-refractivity contribution in [1.82, 2.24) is 19.7 Å². The molecule has 0 aliphatic carbocycles. The molecular formula is C15H18N4O. The zero-order valence-electron chi connectivity index (χ0n) is 11.8. The third-order valence-corrected chi connectivity index (χ3v) is 3.35. The summed E-state index contributed by atoms with van der Waals surface area (Å²) in [5.74, 6) is 1.65. The minimum Gasteiger partial charge on any atom is -0.444 e. The SMILES string of the molecule is CCc1cnc(CNCc2c(C)nc3ccccn23)o1. The number of aromatic nitrogens is 3. The van der Waals surface area contributed by atoms with Gasteiger partial charge in [-0.3, -0.25) is 0 Å². The molecule has 0 unspecified atom stereocenters. The lowest BCUT2D eigenvalue weighted by atomic mass is 10.3. The fraction of sp³-hybridized carbons (Fsp3) is 0.333. The zero-order chi connectivity index (χ0) is 13.9. The molecule has 0 aromatic carbocycles. The lowest BCUT2D eigenvalue weighted by Gasteiger charge is -2.04. The highest BCUT2D eigenvalue weighted by Gasteiger charge is 2.08. The molecule has 3 heterocycles. The van der Waals surface area contributed by atoms with Gasteiger partial charge in [-0.15, -0.1) is 0 Å². The molecule has 3 aromatic heterocycles. The van der Waals surface area contributed by atoms with E-state index in [-0.39, 0.29) is 0 Å². The number of hydrogen-bond acceptors (Lipinski definition) is 4. The summed E-state index contributed by atoms with van der Waals surface area (Å²) in [5, 5.41) is 3.36. The van der Waals surface area contributed by atoms with Gasteiger partial charge in [0.05, 0.1) is 24.1 Å². The van der Waals surface area contributed by atoms with Crippen LogP contribution in [0.2, 0.25) is 0 Å². The van der Waals surface area contributed by atoms with Crippen molar-refractivity contribution in [3.05, 3.63) is 53.6 Å². The Morgan fingerprint density at radius 1 is 1.30 bits per heavy atom. The van der Waals surface area contributed by atoms with Gasteiger partial charge < -0.3 is 14.1 Å². The molecule has 3 aromatic rings. The van der Waals surface area contributed by atoms with Gasteiger partial charge >= 0.3 is 0 Å². The molecule has 5 nitrogen and oxygen atoms in total. The van der Waals surface area contributed by atoms with Crippen molar-refractivity contribution in [3.63, 3.8) is 0 Å². The molecule has 0 aliphatic heterocycles. The average Bonchev–Trinajstić information content (AvgIpc) is 3.04. The van der Waals surface area contributed by atoms with Crippen LogP contribution in [0.3, 0.4) is 0 Å². The summed E-state index contributed by atoms with van der Waals surface area (Å²) < 4.78 is 7.68. The van der Waals surface area contributed by atoms with Gasteiger partial charge in [-0.05, 0) is 19.1 Å². The number of fused-ring (bicyclic) bond motifs is 1. The summed E-state index contributed by atoms with van der Waals surface area (Å²) in [7, 11) is 0. The molecule has 0 spiro atoms. The van der Waals surface area contributed by atoms with Crippen LogP contribution in [0.5, 0.6) is 0 Å². The zero-order valence-corrected chi connectivity index (χ0v) is 11.8. The van der Waals surface area contributed by atoms with Crippen LogP contribution in [0.25, 0.3) is 5.65 Å². The van der Waals surface area contributed by atoms with Crippen molar-refractivity contribution in [2.24, 2.45) is 0 Å². The summed E-state index contributed by atoms with van der Waals surface area (Å²) in [6, 6.07) is 6.02. The molecule has 20 heavy (non-hydrogen) atoms. The van der Waals surface area contributed by atoms with Gasteiger partial charge in [0.1, 0.15) is 11.4 Å². The van der Waals surface area contributed by atoms with Crippen molar-refractivity contribution in [1.29, 1.82) is 0 Å². The first-order valence-corrected chi connectivity index (χ1v) is 6.84. The summed E-state index contributed by atoms with van der Waals surface area (Å²) in [6.07, 6.45) is 4.70. The fourth-order valence-corrected chi connectivity index (χ4v) is 2.26. The molecule has 0 radical (unpaired) electrons. The first kappa shape index (κ1) is 12.9. The molecule has 0 aliphatic rings. The van der Waals surface area contributed by atoms with Crippen LogP contribution in [0.4, 0.5) is 0 Å². The van der Waals surface area contributed by atoms with Crippen LogP contribution in [0.15, 0.2) is 35.0 Å². The van der Waals surface area contributed by atoms with Crippen molar-refractivity contribution < 1.29 is 4.42 Å². The standard InChI is InChI=1S/C15H18N4O/c1-3-12-8-17-15(20-12)10-16-9-13-11(2)18-14-6-4-5-7-19(13)14/h4-8,16H,3,9-10H2,1-2H3. The minimum absolute atomic E-state index is 0.625. The third-order valence-electron chi connectivity index (χ3n) is 3.35. The molecule has 0 saturated carbocycles. The van der Waals surface area contributed by atoms with Crippen LogP contribution in [-0.2, 0) is 19.5 Å². The number of aryl methyl sites for hydroxylation is 2. The molecule has 0 atom stereocenters. The largest absolute Gasteiger partial charge is 0.444 e. The molecule has 3 rings (SSSR count). The molecule has 0 fully saturated rings. The Kier molecular flexibility index (Phi) is 3.52. The van der Waals surface area contributed by atoms with Crippen LogP contribution in [0.1, 0.15) is 30.0 Å². The fourth-order valence-electron chi connectivity index (χ4n) is 2.26. The second-order valence-electron chi connectivity index (χ2n) is 4.75. The molecular weight excluding hydrogens is 252 g/mol. The van der Waals surface area contributed by atoms with Gasteiger partial charge in [-0.1, -0.05) is 13.0 Å². The predicted molar refractivity (Wildman–Crippen MR) is 76.4 cm³/mol. The summed E-state index contributed by atoms with van der Waals surface area (Å²) in [6.45, 7) is 5.45. The number of nitrogens with one attached hydrogen (secondary N) is 1. The predicted octanol–water partition coefficient (Wildman–Crippen LogP) is 2.48. The Morgan fingerprint density at radius 2 is 2.20 bits per heavy atom. The number of hydrogen-bond donors (Lipinski definition) is 1. The Hall–Kier alpha value is -2.14. The van der Waals surface area contributed by atoms with E-state index in [0.717, 1.165) is 36.0 Å². The van der Waals surface area contributed by atoms with E-state index < -0.39 is 0 Å². The van der Waals surface area contributed by atoms with E-state index in [1.54, 1.807) is 6.20 Å². The monoisotopic (exact) mass is 270 g/mol. The van der Waals surface area contributed by atoms with Crippen LogP contribution in [-0.4, -0.2) is 14.4 Å². The topological polar surface area (TPSA) is 55.4 Å². The van der Waals surface area contributed by atoms with E-state index in [2.05, 4.69) is 26.6 Å². The molecule has 0 amide bonds. The quantitative estimate of drug-likeness (QED) is 0.774. The number of nitrogens with zero attached hydrogens (tertiary/aromatic N) is 3. The average molecular weight is 270 g/mol. The lowest BCUT2D eigenvalue weighted by Crippen LogP contribution is -2.15. The maximum atomic E-state index is 5.57. The van der Waals surface area contributed by atoms with Crippen LogP contribution >= 0.6 is 0 Å². The van der Waals surface area contributed by atoms with Gasteiger partial charge in [-0.25, -0.2) is 9.97 Å². The number of pyridine rings is 1. The maximum absolute atomic E-state index is 5.57. The second-order valence-corrected chi connectivity index (χ2v) is 4.75. The van der Waals surface area contributed by atoms with Crippen molar-refractivity contribution >= 4 is 5.65 Å². The van der Waals surface area contributed by atoms with Gasteiger partial charge in [0, 0.05) is 19.2 Å². The Balaban J connectivity index is 1.69. The number of imidazole rings is 1. The molecule has 5 heteroatoms. The van der Waals surface area contributed by atoms with Gasteiger partial charge in [-0.2, -0.15) is 0 Å². The van der Waals surface area contributed by atoms with Crippen LogP contribution < -0.4 is 5.32 Å². The molecule has 0 saturated heterocycles. The highest BCUT2D eigenvalue weighted by atomic mass is 16.4. The highest BCUT2D eigenvalue weighted by molar-refractivity contribution is 5.42. The first-order valence-electron chi connectivity index (χ1n) is 6.84. The maximum Gasteiger partial charge on any atom is 0.208 e. The smallest absolute Gasteiger partial charge is 0.208 e. The number of oxazole rings is 1. The molecule has 104 valence electrons. The second kappa shape index (κ2) is 5.46. The highest BCUT2D eigenvalue weighted by Crippen LogP contribution is 2.11. The minimum atomic E-state index is 0.625. The van der Waals surface area contributed by atoms with E-state index in [0.29, 0.717) is 6.54 Å². The first-order chi connectivity index (χ1) is 9.78. The summed E-state index contributed by atoms with van der Waals surface area (Å²) in [5.41, 5.74) is 3.19. The summed E-state index contributed by atoms with van der Waals surface area (Å²) >= 11 is 0. The van der Waals surface area contributed by atoms with Crippen molar-refractivity contribution in [2.45, 2.75) is 33.4 Å². The van der Waals surface area contributed by atoms with E-state index in [1.165, 1.54) is 5.69 Å². The van der Waals surface area contributed by atoms with E-state index in [4.69, 9.17) is 4.42 Å². The van der Waals surface area contributed by atoms with Gasteiger partial charge in [0.2, 0.25) is 5.89 Å². The van der Waals surface area contributed by atoms with Crippen LogP contribution in [0, 0.1) is 6.92 Å².